The van der Waals surface area contributed by atoms with Gasteiger partial charge in [-0.1, -0.05) is 28.4 Å². The summed E-state index contributed by atoms with van der Waals surface area (Å²) in [5.41, 5.74) is 6.20. The molecule has 3 nitrogen and oxygen atoms in total. The van der Waals surface area contributed by atoms with Gasteiger partial charge in [0, 0.05) is 10.0 Å². The molecule has 0 radical (unpaired) electrons. The summed E-state index contributed by atoms with van der Waals surface area (Å²) in [5, 5.41) is 4.43. The maximum atomic E-state index is 5.94. The monoisotopic (exact) mass is 306 g/mol. The molecule has 1 aromatic heterocycles. The summed E-state index contributed by atoms with van der Waals surface area (Å²) in [5.74, 6) is 0.592. The van der Waals surface area contributed by atoms with Crippen LogP contribution >= 0.6 is 39.1 Å². The van der Waals surface area contributed by atoms with Crippen molar-refractivity contribution in [1.82, 2.24) is 5.16 Å². The van der Waals surface area contributed by atoms with Crippen molar-refractivity contribution in [3.8, 4) is 11.3 Å². The minimum absolute atomic E-state index is 0.172. The average Bonchev–Trinajstić information content (AvgIpc) is 2.53. The number of rotatable bonds is 1. The second-order valence-corrected chi connectivity index (χ2v) is 4.48. The lowest BCUT2D eigenvalue weighted by Gasteiger charge is -1.99. The number of hydrogen-bond donors (Lipinski definition) is 1. The van der Waals surface area contributed by atoms with E-state index >= 15 is 0 Å². The van der Waals surface area contributed by atoms with Gasteiger partial charge in [0.1, 0.15) is 5.02 Å². The highest BCUT2D eigenvalue weighted by atomic mass is 79.9. The Kier molecular flexibility index (Phi) is 2.91. The molecule has 0 saturated heterocycles. The zero-order chi connectivity index (χ0) is 11.0. The van der Waals surface area contributed by atoms with Crippen molar-refractivity contribution in [2.24, 2.45) is 0 Å². The number of halogens is 3. The lowest BCUT2D eigenvalue weighted by atomic mass is 10.2. The van der Waals surface area contributed by atoms with E-state index in [1.165, 1.54) is 0 Å². The van der Waals surface area contributed by atoms with Crippen molar-refractivity contribution in [3.05, 3.63) is 32.7 Å². The van der Waals surface area contributed by atoms with Gasteiger partial charge in [-0.3, -0.25) is 0 Å². The molecule has 0 aliphatic heterocycles. The molecule has 1 aromatic carbocycles. The number of hydrogen-bond acceptors (Lipinski definition) is 3. The van der Waals surface area contributed by atoms with Crippen LogP contribution in [0.3, 0.4) is 0 Å². The Morgan fingerprint density at radius 1 is 1.33 bits per heavy atom. The van der Waals surface area contributed by atoms with Crippen LogP contribution in [0.25, 0.3) is 11.3 Å². The first-order valence-corrected chi connectivity index (χ1v) is 5.50. The topological polar surface area (TPSA) is 52.0 Å². The fourth-order valence-electron chi connectivity index (χ4n) is 1.11. The highest BCUT2D eigenvalue weighted by Crippen LogP contribution is 2.35. The summed E-state index contributed by atoms with van der Waals surface area (Å²) < 4.78 is 5.80. The van der Waals surface area contributed by atoms with Crippen LogP contribution in [-0.2, 0) is 0 Å². The molecule has 0 unspecified atom stereocenters. The molecule has 0 saturated carbocycles. The van der Waals surface area contributed by atoms with Gasteiger partial charge in [0.05, 0.1) is 5.02 Å². The van der Waals surface area contributed by atoms with Crippen LogP contribution in [0.5, 0.6) is 0 Å². The van der Waals surface area contributed by atoms with Crippen LogP contribution in [0.4, 0.5) is 5.82 Å². The molecule has 0 amide bonds. The molecule has 0 bridgehead atoms. The molecule has 0 spiro atoms. The normalized spacial score (nSPS) is 10.6. The van der Waals surface area contributed by atoms with Gasteiger partial charge in [-0.15, -0.1) is 0 Å². The SMILES string of the molecule is Nc1noc(-c2ccc(Br)c(Cl)c2)c1Cl. The predicted octanol–water partition coefficient (Wildman–Crippen LogP) is 3.99. The van der Waals surface area contributed by atoms with E-state index in [0.717, 1.165) is 10.0 Å². The zero-order valence-corrected chi connectivity index (χ0v) is 10.4. The first kappa shape index (κ1) is 10.8. The Balaban J connectivity index is 2.55. The third-order valence-corrected chi connectivity index (χ3v) is 3.44. The molecular formula is C9H5BrCl2N2O. The van der Waals surface area contributed by atoms with Crippen molar-refractivity contribution in [1.29, 1.82) is 0 Å². The number of benzene rings is 1. The number of nitrogen functional groups attached to an aromatic ring is 1. The molecular weight excluding hydrogens is 303 g/mol. The molecule has 2 aromatic rings. The quantitative estimate of drug-likeness (QED) is 0.866. The number of anilines is 1. The van der Waals surface area contributed by atoms with E-state index in [0.29, 0.717) is 15.8 Å². The number of aromatic nitrogens is 1. The van der Waals surface area contributed by atoms with Crippen molar-refractivity contribution < 1.29 is 4.52 Å². The molecule has 0 aliphatic carbocycles. The first-order chi connectivity index (χ1) is 7.09. The number of nitrogens with two attached hydrogens (primary N) is 1. The largest absolute Gasteiger partial charge is 0.380 e. The van der Waals surface area contributed by atoms with Crippen LogP contribution < -0.4 is 5.73 Å². The zero-order valence-electron chi connectivity index (χ0n) is 7.30. The minimum atomic E-state index is 0.172. The highest BCUT2D eigenvalue weighted by molar-refractivity contribution is 9.10. The Bertz CT molecular complexity index is 513. The fourth-order valence-corrected chi connectivity index (χ4v) is 1.71. The second kappa shape index (κ2) is 4.04. The Hall–Kier alpha value is -0.710. The molecule has 0 atom stereocenters. The van der Waals surface area contributed by atoms with Gasteiger partial charge >= 0.3 is 0 Å². The number of nitrogens with zero attached hydrogens (tertiary/aromatic N) is 1. The first-order valence-electron chi connectivity index (χ1n) is 3.95. The van der Waals surface area contributed by atoms with Gasteiger partial charge in [-0.2, -0.15) is 0 Å². The summed E-state index contributed by atoms with van der Waals surface area (Å²) in [4.78, 5) is 0. The summed E-state index contributed by atoms with van der Waals surface area (Å²) in [7, 11) is 0. The molecule has 78 valence electrons. The summed E-state index contributed by atoms with van der Waals surface area (Å²) in [6.07, 6.45) is 0. The fraction of sp³-hybridized carbons (Fsp3) is 0. The molecule has 0 aliphatic rings. The van der Waals surface area contributed by atoms with Crippen molar-refractivity contribution in [2.45, 2.75) is 0 Å². The van der Waals surface area contributed by atoms with E-state index in [1.807, 2.05) is 6.07 Å². The van der Waals surface area contributed by atoms with Crippen LogP contribution in [-0.4, -0.2) is 5.16 Å². The summed E-state index contributed by atoms with van der Waals surface area (Å²) in [6, 6.07) is 5.33. The van der Waals surface area contributed by atoms with E-state index in [9.17, 15) is 0 Å². The Morgan fingerprint density at radius 3 is 2.60 bits per heavy atom. The molecule has 2 N–H and O–H groups in total. The third kappa shape index (κ3) is 1.97. The van der Waals surface area contributed by atoms with Gasteiger partial charge in [-0.05, 0) is 34.1 Å². The predicted molar refractivity (Wildman–Crippen MR) is 64.1 cm³/mol. The van der Waals surface area contributed by atoms with Crippen molar-refractivity contribution >= 4 is 44.9 Å². The standard InChI is InChI=1S/C9H5BrCl2N2O/c10-5-2-1-4(3-6(5)11)8-7(12)9(13)14-15-8/h1-3H,(H2,13,14). The van der Waals surface area contributed by atoms with Gasteiger partial charge in [0.15, 0.2) is 11.6 Å². The smallest absolute Gasteiger partial charge is 0.187 e. The Labute approximate surface area is 104 Å². The summed E-state index contributed by atoms with van der Waals surface area (Å²) >= 11 is 15.1. The van der Waals surface area contributed by atoms with Crippen LogP contribution in [0.1, 0.15) is 0 Å². The lowest BCUT2D eigenvalue weighted by Crippen LogP contribution is -1.83. The van der Waals surface area contributed by atoms with Crippen LogP contribution in [0.2, 0.25) is 10.0 Å². The maximum absolute atomic E-state index is 5.94. The third-order valence-electron chi connectivity index (χ3n) is 1.84. The van der Waals surface area contributed by atoms with Crippen molar-refractivity contribution in [2.75, 3.05) is 5.73 Å². The van der Waals surface area contributed by atoms with Crippen LogP contribution in [0.15, 0.2) is 27.2 Å². The van der Waals surface area contributed by atoms with Gasteiger partial charge in [-0.25, -0.2) is 0 Å². The second-order valence-electron chi connectivity index (χ2n) is 2.84. The maximum Gasteiger partial charge on any atom is 0.187 e. The van der Waals surface area contributed by atoms with Crippen LogP contribution in [0, 0.1) is 0 Å². The highest BCUT2D eigenvalue weighted by Gasteiger charge is 2.14. The molecule has 1 heterocycles. The van der Waals surface area contributed by atoms with E-state index in [-0.39, 0.29) is 5.82 Å². The van der Waals surface area contributed by atoms with E-state index in [1.54, 1.807) is 12.1 Å². The summed E-state index contributed by atoms with van der Waals surface area (Å²) in [6.45, 7) is 0. The average molecular weight is 308 g/mol. The van der Waals surface area contributed by atoms with Gasteiger partial charge in [0.2, 0.25) is 0 Å². The van der Waals surface area contributed by atoms with Gasteiger partial charge in [0.25, 0.3) is 0 Å². The van der Waals surface area contributed by atoms with Gasteiger partial charge < -0.3 is 10.3 Å². The molecule has 6 heteroatoms. The molecule has 2 rings (SSSR count). The molecule has 0 fully saturated rings. The van der Waals surface area contributed by atoms with E-state index < -0.39 is 0 Å². The van der Waals surface area contributed by atoms with E-state index in [2.05, 4.69) is 21.1 Å². The minimum Gasteiger partial charge on any atom is -0.380 e. The van der Waals surface area contributed by atoms with Crippen molar-refractivity contribution in [3.63, 3.8) is 0 Å². The lowest BCUT2D eigenvalue weighted by molar-refractivity contribution is 0.436. The van der Waals surface area contributed by atoms with E-state index in [4.69, 9.17) is 33.5 Å². The Morgan fingerprint density at radius 2 is 2.07 bits per heavy atom. The molecule has 15 heavy (non-hydrogen) atoms.